The quantitative estimate of drug-likeness (QED) is 0.671. The highest BCUT2D eigenvalue weighted by atomic mass is 16.5. The lowest BCUT2D eigenvalue weighted by Crippen LogP contribution is -2.48. The number of likely N-dealkylation sites (tertiary alicyclic amines) is 1. The van der Waals surface area contributed by atoms with E-state index in [1.165, 1.54) is 25.7 Å². The predicted molar refractivity (Wildman–Crippen MR) is 86.5 cm³/mol. The van der Waals surface area contributed by atoms with E-state index in [2.05, 4.69) is 18.7 Å². The van der Waals surface area contributed by atoms with Crippen LogP contribution in [0.1, 0.15) is 65.2 Å². The van der Waals surface area contributed by atoms with Crippen LogP contribution in [0.4, 0.5) is 0 Å². The first-order valence-corrected chi connectivity index (χ1v) is 9.03. The van der Waals surface area contributed by atoms with Gasteiger partial charge in [0.15, 0.2) is 0 Å². The lowest BCUT2D eigenvalue weighted by Gasteiger charge is -2.41. The summed E-state index contributed by atoms with van der Waals surface area (Å²) < 4.78 is 5.78. The maximum Gasteiger partial charge on any atom is 0.137 e. The fourth-order valence-corrected chi connectivity index (χ4v) is 3.77. The second-order valence-corrected chi connectivity index (χ2v) is 7.21. The van der Waals surface area contributed by atoms with Crippen LogP contribution in [0.5, 0.6) is 0 Å². The first-order valence-electron chi connectivity index (χ1n) is 9.03. The van der Waals surface area contributed by atoms with Gasteiger partial charge in [-0.2, -0.15) is 0 Å². The van der Waals surface area contributed by atoms with Crippen LogP contribution in [0.25, 0.3) is 0 Å². The van der Waals surface area contributed by atoms with Gasteiger partial charge in [0.25, 0.3) is 0 Å². The second kappa shape index (κ2) is 8.89. The molecule has 0 bridgehead atoms. The molecule has 3 nitrogen and oxygen atoms in total. The number of carbonyl (C=O) groups is 1. The molecule has 0 aromatic carbocycles. The Morgan fingerprint density at radius 2 is 1.95 bits per heavy atom. The molecule has 0 amide bonds. The third kappa shape index (κ3) is 5.37. The Kier molecular flexibility index (Phi) is 7.18. The van der Waals surface area contributed by atoms with Crippen LogP contribution in [0, 0.1) is 11.8 Å². The topological polar surface area (TPSA) is 29.5 Å². The lowest BCUT2D eigenvalue weighted by atomic mass is 9.79. The standard InChI is InChI=1S/C18H33NO2/c1-15(2)10-13-21-14-12-19-11-6-5-8-17(19)16-7-3-4-9-18(16)20/h15-17H,3-14H2,1-2H3. The van der Waals surface area contributed by atoms with Gasteiger partial charge in [0, 0.05) is 31.5 Å². The van der Waals surface area contributed by atoms with Gasteiger partial charge in [0.05, 0.1) is 6.61 Å². The van der Waals surface area contributed by atoms with E-state index in [4.69, 9.17) is 4.74 Å². The zero-order valence-electron chi connectivity index (χ0n) is 14.0. The maximum absolute atomic E-state index is 12.2. The summed E-state index contributed by atoms with van der Waals surface area (Å²) in [6.45, 7) is 8.33. The van der Waals surface area contributed by atoms with Crippen LogP contribution in [-0.2, 0) is 9.53 Å². The molecular weight excluding hydrogens is 262 g/mol. The number of ether oxygens (including phenoxy) is 1. The Bertz CT molecular complexity index is 316. The molecule has 1 heterocycles. The molecule has 1 aliphatic carbocycles. The summed E-state index contributed by atoms with van der Waals surface area (Å²) in [4.78, 5) is 14.8. The van der Waals surface area contributed by atoms with Crippen LogP contribution in [0.15, 0.2) is 0 Å². The minimum atomic E-state index is 0.315. The molecule has 0 aromatic heterocycles. The van der Waals surface area contributed by atoms with Crippen molar-refractivity contribution >= 4 is 5.78 Å². The summed E-state index contributed by atoms with van der Waals surface area (Å²) in [6.07, 6.45) is 9.22. The molecule has 0 aromatic rings. The molecule has 3 heteroatoms. The SMILES string of the molecule is CC(C)CCOCCN1CCCCC1C1CCCCC1=O. The van der Waals surface area contributed by atoms with E-state index in [0.717, 1.165) is 52.0 Å². The van der Waals surface area contributed by atoms with Gasteiger partial charge >= 0.3 is 0 Å². The molecule has 0 radical (unpaired) electrons. The van der Waals surface area contributed by atoms with Crippen molar-refractivity contribution < 1.29 is 9.53 Å². The molecule has 2 atom stereocenters. The predicted octanol–water partition coefficient (Wildman–Crippen LogP) is 3.66. The van der Waals surface area contributed by atoms with Crippen molar-refractivity contribution in [3.05, 3.63) is 0 Å². The number of rotatable bonds is 7. The first kappa shape index (κ1) is 17.0. The Balaban J connectivity index is 1.77. The number of hydrogen-bond acceptors (Lipinski definition) is 3. The summed E-state index contributed by atoms with van der Waals surface area (Å²) in [7, 11) is 0. The van der Waals surface area contributed by atoms with Gasteiger partial charge in [-0.1, -0.05) is 26.7 Å². The van der Waals surface area contributed by atoms with Crippen molar-refractivity contribution in [3.63, 3.8) is 0 Å². The molecule has 122 valence electrons. The van der Waals surface area contributed by atoms with Crippen LogP contribution < -0.4 is 0 Å². The van der Waals surface area contributed by atoms with Crippen LogP contribution in [0.3, 0.4) is 0 Å². The molecule has 2 aliphatic rings. The van der Waals surface area contributed by atoms with E-state index < -0.39 is 0 Å². The average Bonchev–Trinajstić information content (AvgIpc) is 2.48. The molecule has 21 heavy (non-hydrogen) atoms. The largest absolute Gasteiger partial charge is 0.380 e. The van der Waals surface area contributed by atoms with E-state index in [1.54, 1.807) is 0 Å². The van der Waals surface area contributed by atoms with Gasteiger partial charge in [-0.05, 0) is 44.6 Å². The second-order valence-electron chi connectivity index (χ2n) is 7.21. The number of piperidine rings is 1. The molecule has 2 rings (SSSR count). The minimum absolute atomic E-state index is 0.315. The summed E-state index contributed by atoms with van der Waals surface area (Å²) >= 11 is 0. The number of ketones is 1. The summed E-state index contributed by atoms with van der Waals surface area (Å²) in [5, 5.41) is 0. The molecule has 0 N–H and O–H groups in total. The monoisotopic (exact) mass is 295 g/mol. The molecular formula is C18H33NO2. The van der Waals surface area contributed by atoms with Gasteiger partial charge < -0.3 is 4.74 Å². The van der Waals surface area contributed by atoms with Crippen molar-refractivity contribution in [2.45, 2.75) is 71.3 Å². The van der Waals surface area contributed by atoms with Gasteiger partial charge in [-0.25, -0.2) is 0 Å². The third-order valence-corrected chi connectivity index (χ3v) is 5.09. The Morgan fingerprint density at radius 1 is 1.14 bits per heavy atom. The lowest BCUT2D eigenvalue weighted by molar-refractivity contribution is -0.127. The number of carbonyl (C=O) groups excluding carboxylic acids is 1. The maximum atomic E-state index is 12.2. The summed E-state index contributed by atoms with van der Waals surface area (Å²) in [5.74, 6) is 1.56. The Morgan fingerprint density at radius 3 is 2.71 bits per heavy atom. The van der Waals surface area contributed by atoms with Crippen LogP contribution >= 0.6 is 0 Å². The fraction of sp³-hybridized carbons (Fsp3) is 0.944. The highest BCUT2D eigenvalue weighted by Gasteiger charge is 2.34. The van der Waals surface area contributed by atoms with Crippen molar-refractivity contribution in [2.24, 2.45) is 11.8 Å². The van der Waals surface area contributed by atoms with Crippen molar-refractivity contribution in [2.75, 3.05) is 26.3 Å². The number of hydrogen-bond donors (Lipinski definition) is 0. The molecule has 0 spiro atoms. The van der Waals surface area contributed by atoms with E-state index in [1.807, 2.05) is 0 Å². The normalized spacial score (nSPS) is 28.2. The fourth-order valence-electron chi connectivity index (χ4n) is 3.77. The van der Waals surface area contributed by atoms with E-state index in [0.29, 0.717) is 23.7 Å². The van der Waals surface area contributed by atoms with Crippen molar-refractivity contribution in [1.82, 2.24) is 4.90 Å². The first-order chi connectivity index (χ1) is 10.2. The third-order valence-electron chi connectivity index (χ3n) is 5.09. The highest BCUT2D eigenvalue weighted by molar-refractivity contribution is 5.82. The van der Waals surface area contributed by atoms with Gasteiger partial charge in [-0.15, -0.1) is 0 Å². The Hall–Kier alpha value is -0.410. The van der Waals surface area contributed by atoms with Crippen LogP contribution in [-0.4, -0.2) is 43.0 Å². The average molecular weight is 295 g/mol. The summed E-state index contributed by atoms with van der Waals surface area (Å²) in [6, 6.07) is 0.500. The van der Waals surface area contributed by atoms with Gasteiger partial charge in [0.1, 0.15) is 5.78 Å². The van der Waals surface area contributed by atoms with Gasteiger partial charge in [-0.3, -0.25) is 9.69 Å². The van der Waals surface area contributed by atoms with E-state index in [-0.39, 0.29) is 0 Å². The smallest absolute Gasteiger partial charge is 0.137 e. The highest BCUT2D eigenvalue weighted by Crippen LogP contribution is 2.31. The number of nitrogens with zero attached hydrogens (tertiary/aromatic N) is 1. The minimum Gasteiger partial charge on any atom is -0.380 e. The Labute approximate surface area is 130 Å². The van der Waals surface area contributed by atoms with E-state index >= 15 is 0 Å². The van der Waals surface area contributed by atoms with Gasteiger partial charge in [0.2, 0.25) is 0 Å². The number of Topliss-reactive ketones (excluding diaryl/α,β-unsaturated/α-hetero) is 1. The molecule has 1 saturated carbocycles. The molecule has 2 fully saturated rings. The molecule has 1 aliphatic heterocycles. The zero-order chi connectivity index (χ0) is 15.1. The molecule has 1 saturated heterocycles. The van der Waals surface area contributed by atoms with Crippen molar-refractivity contribution in [1.29, 1.82) is 0 Å². The zero-order valence-corrected chi connectivity index (χ0v) is 14.0. The molecule has 2 unspecified atom stereocenters. The summed E-state index contributed by atoms with van der Waals surface area (Å²) in [5.41, 5.74) is 0. The van der Waals surface area contributed by atoms with Crippen LogP contribution in [0.2, 0.25) is 0 Å². The van der Waals surface area contributed by atoms with Crippen molar-refractivity contribution in [3.8, 4) is 0 Å². The van der Waals surface area contributed by atoms with E-state index in [9.17, 15) is 4.79 Å².